The number of benzene rings is 1. The molecule has 0 unspecified atom stereocenters. The lowest BCUT2D eigenvalue weighted by Gasteiger charge is -2.35. The molecule has 29 heavy (non-hydrogen) atoms. The number of methoxy groups -OCH3 is 1. The summed E-state index contributed by atoms with van der Waals surface area (Å²) in [6.07, 6.45) is 5.62. The van der Waals surface area contributed by atoms with E-state index in [0.29, 0.717) is 31.1 Å². The zero-order valence-corrected chi connectivity index (χ0v) is 16.9. The van der Waals surface area contributed by atoms with Gasteiger partial charge in [-0.05, 0) is 49.1 Å². The van der Waals surface area contributed by atoms with Crippen molar-refractivity contribution in [1.29, 1.82) is 0 Å². The number of hydrogen-bond donors (Lipinski definition) is 0. The Kier molecular flexibility index (Phi) is 5.83. The number of nitrogens with zero attached hydrogens (tertiary/aromatic N) is 4. The van der Waals surface area contributed by atoms with Crippen LogP contribution in [-0.2, 0) is 4.79 Å². The van der Waals surface area contributed by atoms with Crippen LogP contribution < -0.4 is 15.2 Å². The predicted octanol–water partition coefficient (Wildman–Crippen LogP) is 2.47. The molecule has 7 heteroatoms. The second-order valence-corrected chi connectivity index (χ2v) is 7.86. The lowest BCUT2D eigenvalue weighted by atomic mass is 10.0. The minimum Gasteiger partial charge on any atom is -0.497 e. The number of carbonyl (C=O) groups is 1. The quantitative estimate of drug-likeness (QED) is 0.777. The molecule has 2 aromatic rings. The third kappa shape index (κ3) is 4.44. The predicted molar refractivity (Wildman–Crippen MR) is 112 cm³/mol. The smallest absolute Gasteiger partial charge is 0.271 e. The molecule has 0 N–H and O–H groups in total. The number of anilines is 1. The van der Waals surface area contributed by atoms with Crippen LogP contribution in [0.15, 0.2) is 41.2 Å². The monoisotopic (exact) mass is 396 g/mol. The van der Waals surface area contributed by atoms with Crippen molar-refractivity contribution in [3.63, 3.8) is 0 Å². The van der Waals surface area contributed by atoms with Crippen molar-refractivity contribution < 1.29 is 9.53 Å². The molecule has 1 saturated heterocycles. The van der Waals surface area contributed by atoms with Gasteiger partial charge < -0.3 is 14.5 Å². The van der Waals surface area contributed by atoms with Crippen LogP contribution in [0.1, 0.15) is 32.1 Å². The molecule has 1 amide bonds. The molecular formula is C22H28N4O3. The van der Waals surface area contributed by atoms with Gasteiger partial charge >= 0.3 is 0 Å². The van der Waals surface area contributed by atoms with Crippen LogP contribution in [-0.4, -0.2) is 53.9 Å². The van der Waals surface area contributed by atoms with E-state index < -0.39 is 0 Å². The van der Waals surface area contributed by atoms with E-state index in [1.165, 1.54) is 30.4 Å². The molecule has 0 spiro atoms. The second kappa shape index (κ2) is 8.68. The zero-order valence-electron chi connectivity index (χ0n) is 16.9. The van der Waals surface area contributed by atoms with Crippen molar-refractivity contribution in [2.45, 2.75) is 32.1 Å². The highest BCUT2D eigenvalue weighted by Gasteiger charge is 2.25. The molecule has 0 radical (unpaired) electrons. The molecule has 1 aromatic carbocycles. The van der Waals surface area contributed by atoms with Gasteiger partial charge in [-0.1, -0.05) is 12.8 Å². The summed E-state index contributed by atoms with van der Waals surface area (Å²) in [5, 5.41) is 4.56. The number of hydrogen-bond acceptors (Lipinski definition) is 5. The van der Waals surface area contributed by atoms with Crippen molar-refractivity contribution in [3.8, 4) is 11.4 Å². The van der Waals surface area contributed by atoms with Crippen molar-refractivity contribution >= 4 is 11.7 Å². The van der Waals surface area contributed by atoms with Crippen molar-refractivity contribution in [2.75, 3.05) is 38.2 Å². The van der Waals surface area contributed by atoms with E-state index in [-0.39, 0.29) is 11.5 Å². The summed E-state index contributed by atoms with van der Waals surface area (Å²) in [6, 6.07) is 10.6. The number of rotatable bonds is 5. The SMILES string of the molecule is COc1ccc(-n2nc(N3CCN(C(=O)CC4CCCC4)CC3)ccc2=O)cc1. The second-order valence-electron chi connectivity index (χ2n) is 7.86. The van der Waals surface area contributed by atoms with Crippen molar-refractivity contribution in [2.24, 2.45) is 5.92 Å². The number of ether oxygens (including phenoxy) is 1. The van der Waals surface area contributed by atoms with Gasteiger partial charge in [-0.2, -0.15) is 4.68 Å². The molecule has 4 rings (SSSR count). The number of piperazine rings is 1. The third-order valence-corrected chi connectivity index (χ3v) is 6.00. The normalized spacial score (nSPS) is 17.6. The highest BCUT2D eigenvalue weighted by molar-refractivity contribution is 5.76. The van der Waals surface area contributed by atoms with Crippen LogP contribution in [0.5, 0.6) is 5.75 Å². The first-order chi connectivity index (χ1) is 14.1. The van der Waals surface area contributed by atoms with E-state index in [1.54, 1.807) is 19.2 Å². The average molecular weight is 396 g/mol. The Hall–Kier alpha value is -2.83. The molecule has 0 atom stereocenters. The summed E-state index contributed by atoms with van der Waals surface area (Å²) in [6.45, 7) is 2.86. The zero-order chi connectivity index (χ0) is 20.2. The Balaban J connectivity index is 1.41. The summed E-state index contributed by atoms with van der Waals surface area (Å²) >= 11 is 0. The fourth-order valence-corrected chi connectivity index (χ4v) is 4.25. The lowest BCUT2D eigenvalue weighted by molar-refractivity contribution is -0.132. The van der Waals surface area contributed by atoms with Gasteiger partial charge in [-0.15, -0.1) is 5.10 Å². The summed E-state index contributed by atoms with van der Waals surface area (Å²) in [5.74, 6) is 2.35. The van der Waals surface area contributed by atoms with E-state index in [0.717, 1.165) is 24.7 Å². The Morgan fingerprint density at radius 3 is 2.38 bits per heavy atom. The number of carbonyl (C=O) groups excluding carboxylic acids is 1. The van der Waals surface area contributed by atoms with Gasteiger partial charge in [0.05, 0.1) is 12.8 Å². The van der Waals surface area contributed by atoms with Crippen molar-refractivity contribution in [3.05, 3.63) is 46.8 Å². The van der Waals surface area contributed by atoms with E-state index in [1.807, 2.05) is 29.2 Å². The standard InChI is InChI=1S/C22H28N4O3/c1-29-19-8-6-18(7-9-19)26-21(27)11-10-20(23-26)24-12-14-25(15-13-24)22(28)16-17-4-2-3-5-17/h6-11,17H,2-5,12-16H2,1H3. The van der Waals surface area contributed by atoms with Gasteiger partial charge in [0.15, 0.2) is 0 Å². The lowest BCUT2D eigenvalue weighted by Crippen LogP contribution is -2.49. The van der Waals surface area contributed by atoms with Gasteiger partial charge in [-0.25, -0.2) is 0 Å². The first kappa shape index (κ1) is 19.5. The Bertz CT molecular complexity index is 895. The molecule has 1 saturated carbocycles. The van der Waals surface area contributed by atoms with Crippen LogP contribution >= 0.6 is 0 Å². The Labute approximate surface area is 170 Å². The van der Waals surface area contributed by atoms with E-state index >= 15 is 0 Å². The fraction of sp³-hybridized carbons (Fsp3) is 0.500. The third-order valence-electron chi connectivity index (χ3n) is 6.00. The number of aromatic nitrogens is 2. The highest BCUT2D eigenvalue weighted by Crippen LogP contribution is 2.28. The molecule has 2 heterocycles. The Morgan fingerprint density at radius 2 is 1.72 bits per heavy atom. The molecular weight excluding hydrogens is 368 g/mol. The van der Waals surface area contributed by atoms with Crippen LogP contribution in [0.4, 0.5) is 5.82 Å². The van der Waals surface area contributed by atoms with E-state index in [9.17, 15) is 9.59 Å². The highest BCUT2D eigenvalue weighted by atomic mass is 16.5. The van der Waals surface area contributed by atoms with Crippen LogP contribution in [0.3, 0.4) is 0 Å². The maximum atomic E-state index is 12.6. The van der Waals surface area contributed by atoms with Gasteiger partial charge in [0.25, 0.3) is 5.56 Å². The topological polar surface area (TPSA) is 67.7 Å². The summed E-state index contributed by atoms with van der Waals surface area (Å²) in [4.78, 5) is 29.0. The summed E-state index contributed by atoms with van der Waals surface area (Å²) < 4.78 is 6.59. The fourth-order valence-electron chi connectivity index (χ4n) is 4.25. The molecule has 2 fully saturated rings. The average Bonchev–Trinajstić information content (AvgIpc) is 3.27. The largest absolute Gasteiger partial charge is 0.497 e. The molecule has 0 bridgehead atoms. The van der Waals surface area contributed by atoms with Crippen molar-refractivity contribution in [1.82, 2.24) is 14.7 Å². The molecule has 154 valence electrons. The molecule has 1 aliphatic carbocycles. The maximum absolute atomic E-state index is 12.6. The molecule has 2 aliphatic rings. The first-order valence-electron chi connectivity index (χ1n) is 10.4. The van der Waals surface area contributed by atoms with Gasteiger partial charge in [0.2, 0.25) is 5.91 Å². The number of amides is 1. The van der Waals surface area contributed by atoms with Crippen LogP contribution in [0.2, 0.25) is 0 Å². The molecule has 7 nitrogen and oxygen atoms in total. The van der Waals surface area contributed by atoms with E-state index in [4.69, 9.17) is 4.74 Å². The first-order valence-corrected chi connectivity index (χ1v) is 10.4. The van der Waals surface area contributed by atoms with Gasteiger partial charge in [-0.3, -0.25) is 9.59 Å². The maximum Gasteiger partial charge on any atom is 0.271 e. The minimum atomic E-state index is -0.177. The Morgan fingerprint density at radius 1 is 1.03 bits per heavy atom. The van der Waals surface area contributed by atoms with Gasteiger partial charge in [0.1, 0.15) is 11.6 Å². The molecule has 1 aromatic heterocycles. The summed E-state index contributed by atoms with van der Waals surface area (Å²) in [7, 11) is 1.61. The van der Waals surface area contributed by atoms with E-state index in [2.05, 4.69) is 10.00 Å². The summed E-state index contributed by atoms with van der Waals surface area (Å²) in [5.41, 5.74) is 0.521. The van der Waals surface area contributed by atoms with Gasteiger partial charge in [0, 0.05) is 38.7 Å². The minimum absolute atomic E-state index is 0.177. The molecule has 1 aliphatic heterocycles. The van der Waals surface area contributed by atoms with Crippen LogP contribution in [0, 0.1) is 5.92 Å². The van der Waals surface area contributed by atoms with Crippen LogP contribution in [0.25, 0.3) is 5.69 Å².